The van der Waals surface area contributed by atoms with E-state index in [0.717, 1.165) is 6.07 Å². The summed E-state index contributed by atoms with van der Waals surface area (Å²) >= 11 is 0. The van der Waals surface area contributed by atoms with Crippen LogP contribution in [-0.4, -0.2) is 131 Å². The number of hydrogen-bond donors (Lipinski definition) is 8. The van der Waals surface area contributed by atoms with Crippen molar-refractivity contribution in [2.75, 3.05) is 34.5 Å². The summed E-state index contributed by atoms with van der Waals surface area (Å²) in [6, 6.07) is 5.05. The molecule has 0 saturated carbocycles. The van der Waals surface area contributed by atoms with Crippen LogP contribution < -0.4 is 24.4 Å². The van der Waals surface area contributed by atoms with Gasteiger partial charge in [-0.15, -0.1) is 0 Å². The summed E-state index contributed by atoms with van der Waals surface area (Å²) < 4.78 is 43.5. The molecule has 1 aromatic heterocycles. The molecule has 2 aromatic carbocycles. The molecule has 3 aromatic rings. The number of aliphatic hydroxyl groups is 6. The third kappa shape index (κ3) is 6.11. The Hall–Kier alpha value is -3.91. The summed E-state index contributed by atoms with van der Waals surface area (Å²) in [6.45, 7) is -0.881. The standard InChI is InChI=1S/C29H34O17/c1-39-15-4-10(5-16(40-2)21(15)33)13-6-11(30)19-14(44-13)7-17(27(41-3)23(19)35)45-29-26(38)24(36)22(34)18(46-29)9-43-28-25(37)20(32)12(31)8-42-28/h4-7,12,18,20,22,24-26,28-29,31-38H,8-9H2,1-3H3. The highest BCUT2D eigenvalue weighted by Crippen LogP contribution is 2.45. The molecule has 2 saturated heterocycles. The monoisotopic (exact) mass is 654 g/mol. The van der Waals surface area contributed by atoms with E-state index in [4.69, 9.17) is 37.6 Å². The number of rotatable bonds is 9. The lowest BCUT2D eigenvalue weighted by Gasteiger charge is -2.41. The van der Waals surface area contributed by atoms with Crippen LogP contribution >= 0.6 is 0 Å². The predicted octanol–water partition coefficient (Wildman–Crippen LogP) is -1.46. The second-order valence-corrected chi connectivity index (χ2v) is 10.6. The van der Waals surface area contributed by atoms with Gasteiger partial charge in [0.15, 0.2) is 34.7 Å². The van der Waals surface area contributed by atoms with E-state index in [9.17, 15) is 45.6 Å². The summed E-state index contributed by atoms with van der Waals surface area (Å²) in [7, 11) is 3.81. The van der Waals surface area contributed by atoms with Crippen molar-refractivity contribution in [2.45, 2.75) is 55.3 Å². The van der Waals surface area contributed by atoms with Crippen LogP contribution in [-0.2, 0) is 14.2 Å². The van der Waals surface area contributed by atoms with Crippen LogP contribution in [0.15, 0.2) is 33.5 Å². The molecule has 46 heavy (non-hydrogen) atoms. The van der Waals surface area contributed by atoms with Crippen molar-refractivity contribution in [3.63, 3.8) is 0 Å². The molecule has 17 heteroatoms. The highest BCUT2D eigenvalue weighted by atomic mass is 16.7. The quantitative estimate of drug-likeness (QED) is 0.131. The molecule has 5 rings (SSSR count). The molecule has 0 amide bonds. The highest BCUT2D eigenvalue weighted by Gasteiger charge is 2.47. The van der Waals surface area contributed by atoms with Gasteiger partial charge in [-0.2, -0.15) is 0 Å². The van der Waals surface area contributed by atoms with Gasteiger partial charge in [-0.3, -0.25) is 4.79 Å². The van der Waals surface area contributed by atoms with Gasteiger partial charge in [-0.1, -0.05) is 0 Å². The number of hydrogen-bond acceptors (Lipinski definition) is 17. The highest BCUT2D eigenvalue weighted by molar-refractivity contribution is 5.89. The van der Waals surface area contributed by atoms with Crippen molar-refractivity contribution in [1.82, 2.24) is 0 Å². The average Bonchev–Trinajstić information content (AvgIpc) is 3.04. The van der Waals surface area contributed by atoms with Crippen LogP contribution in [0.5, 0.6) is 34.5 Å². The molecular formula is C29H34O17. The SMILES string of the molecule is COc1cc(-c2cc(=O)c3c(O)c(OC)c(OC4OC(COC5OCC(O)C(O)C5O)C(O)C(O)C4O)cc3o2)cc(OC)c1O. The normalized spacial score (nSPS) is 29.8. The van der Waals surface area contributed by atoms with E-state index in [0.29, 0.717) is 0 Å². The molecular weight excluding hydrogens is 620 g/mol. The molecule has 2 aliphatic heterocycles. The molecule has 0 spiro atoms. The Labute approximate surface area is 259 Å². The maximum Gasteiger partial charge on any atom is 0.229 e. The number of aromatic hydroxyl groups is 2. The molecule has 8 N–H and O–H groups in total. The fraction of sp³-hybridized carbons (Fsp3) is 0.483. The van der Waals surface area contributed by atoms with Crippen LogP contribution in [0, 0.1) is 0 Å². The molecule has 17 nitrogen and oxygen atoms in total. The summed E-state index contributed by atoms with van der Waals surface area (Å²) in [4.78, 5) is 13.2. The first-order valence-corrected chi connectivity index (χ1v) is 13.9. The minimum atomic E-state index is -1.85. The number of methoxy groups -OCH3 is 3. The van der Waals surface area contributed by atoms with Gasteiger partial charge in [0.1, 0.15) is 59.5 Å². The topological polar surface area (TPSA) is 257 Å². The molecule has 9 unspecified atom stereocenters. The Morgan fingerprint density at radius 1 is 0.761 bits per heavy atom. The van der Waals surface area contributed by atoms with Gasteiger partial charge in [0.25, 0.3) is 0 Å². The number of fused-ring (bicyclic) bond motifs is 1. The Morgan fingerprint density at radius 3 is 2.04 bits per heavy atom. The molecule has 2 fully saturated rings. The summed E-state index contributed by atoms with van der Waals surface area (Å²) in [5.41, 5.74) is -0.612. The maximum absolute atomic E-state index is 13.2. The lowest BCUT2D eigenvalue weighted by Crippen LogP contribution is -2.61. The van der Waals surface area contributed by atoms with E-state index in [-0.39, 0.29) is 57.6 Å². The van der Waals surface area contributed by atoms with Gasteiger partial charge in [-0.05, 0) is 12.1 Å². The first-order chi connectivity index (χ1) is 21.9. The number of ether oxygens (including phenoxy) is 7. The second kappa shape index (κ2) is 13.4. The van der Waals surface area contributed by atoms with Crippen LogP contribution in [0.2, 0.25) is 0 Å². The average molecular weight is 655 g/mol. The zero-order chi connectivity index (χ0) is 33.4. The first kappa shape index (κ1) is 33.5. The van der Waals surface area contributed by atoms with Crippen LogP contribution in [0.25, 0.3) is 22.3 Å². The number of phenolic OH excluding ortho intramolecular Hbond substituents is 2. The Bertz CT molecular complexity index is 1580. The van der Waals surface area contributed by atoms with Crippen molar-refractivity contribution < 1.29 is 78.4 Å². The van der Waals surface area contributed by atoms with E-state index >= 15 is 0 Å². The van der Waals surface area contributed by atoms with Gasteiger partial charge < -0.3 is 78.4 Å². The first-order valence-electron chi connectivity index (χ1n) is 13.9. The Kier molecular flexibility index (Phi) is 9.78. The summed E-state index contributed by atoms with van der Waals surface area (Å²) in [5.74, 6) is -1.57. The van der Waals surface area contributed by atoms with Crippen molar-refractivity contribution in [2.24, 2.45) is 0 Å². The van der Waals surface area contributed by atoms with E-state index < -0.39 is 73.1 Å². The second-order valence-electron chi connectivity index (χ2n) is 10.6. The molecule has 0 bridgehead atoms. The fourth-order valence-electron chi connectivity index (χ4n) is 5.12. The molecule has 2 aliphatic rings. The zero-order valence-electron chi connectivity index (χ0n) is 24.7. The molecule has 0 radical (unpaired) electrons. The van der Waals surface area contributed by atoms with Gasteiger partial charge in [0.05, 0.1) is 34.5 Å². The molecule has 9 atom stereocenters. The maximum atomic E-state index is 13.2. The number of benzene rings is 2. The Morgan fingerprint density at radius 2 is 1.41 bits per heavy atom. The third-order valence-corrected chi connectivity index (χ3v) is 7.67. The van der Waals surface area contributed by atoms with Gasteiger partial charge >= 0.3 is 0 Å². The third-order valence-electron chi connectivity index (χ3n) is 7.67. The lowest BCUT2D eigenvalue weighted by molar-refractivity contribution is -0.307. The van der Waals surface area contributed by atoms with Crippen molar-refractivity contribution in [1.29, 1.82) is 0 Å². The van der Waals surface area contributed by atoms with Crippen LogP contribution in [0.1, 0.15) is 0 Å². The molecule has 252 valence electrons. The van der Waals surface area contributed by atoms with Gasteiger partial charge in [0.2, 0.25) is 17.8 Å². The van der Waals surface area contributed by atoms with E-state index in [1.165, 1.54) is 39.5 Å². The lowest BCUT2D eigenvalue weighted by atomic mass is 9.99. The van der Waals surface area contributed by atoms with E-state index in [1.807, 2.05) is 0 Å². The fourth-order valence-corrected chi connectivity index (χ4v) is 5.12. The van der Waals surface area contributed by atoms with E-state index in [1.54, 1.807) is 0 Å². The minimum absolute atomic E-state index is 0.0147. The summed E-state index contributed by atoms with van der Waals surface area (Å²) in [6.07, 6.45) is -14.5. The largest absolute Gasteiger partial charge is 0.504 e. The van der Waals surface area contributed by atoms with Crippen LogP contribution in [0.4, 0.5) is 0 Å². The number of aliphatic hydroxyl groups excluding tert-OH is 6. The van der Waals surface area contributed by atoms with Crippen molar-refractivity contribution in [3.8, 4) is 45.8 Å². The minimum Gasteiger partial charge on any atom is -0.504 e. The van der Waals surface area contributed by atoms with Gasteiger partial charge in [-0.25, -0.2) is 0 Å². The predicted molar refractivity (Wildman–Crippen MR) is 152 cm³/mol. The zero-order valence-corrected chi connectivity index (χ0v) is 24.7. The van der Waals surface area contributed by atoms with Crippen molar-refractivity contribution in [3.05, 3.63) is 34.5 Å². The van der Waals surface area contributed by atoms with E-state index in [2.05, 4.69) is 0 Å². The molecule has 3 heterocycles. The van der Waals surface area contributed by atoms with Gasteiger partial charge in [0, 0.05) is 17.7 Å². The smallest absolute Gasteiger partial charge is 0.229 e. The molecule has 0 aliphatic carbocycles. The number of phenols is 2. The summed E-state index contributed by atoms with van der Waals surface area (Å²) in [5, 5.41) is 82.3. The van der Waals surface area contributed by atoms with Crippen LogP contribution in [0.3, 0.4) is 0 Å². The van der Waals surface area contributed by atoms with Crippen molar-refractivity contribution >= 4 is 11.0 Å². The Balaban J connectivity index is 1.45.